The van der Waals surface area contributed by atoms with E-state index < -0.39 is 18.5 Å². The predicted octanol–water partition coefficient (Wildman–Crippen LogP) is 4.59. The second-order valence-corrected chi connectivity index (χ2v) is 7.51. The fourth-order valence-corrected chi connectivity index (χ4v) is 3.12. The highest BCUT2D eigenvalue weighted by atomic mass is 35.5. The molecule has 0 aliphatic rings. The van der Waals surface area contributed by atoms with Crippen LogP contribution in [0.4, 0.5) is 5.69 Å². The van der Waals surface area contributed by atoms with Crippen LogP contribution < -0.4 is 10.1 Å². The van der Waals surface area contributed by atoms with E-state index in [4.69, 9.17) is 21.1 Å². The van der Waals surface area contributed by atoms with Gasteiger partial charge in [-0.05, 0) is 56.3 Å². The molecule has 0 radical (unpaired) electrons. The number of fused-ring (bicyclic) bond motifs is 1. The number of aryl methyl sites for hydroxylation is 2. The number of nitrogens with zero attached hydrogens (tertiary/aromatic N) is 3. The van der Waals surface area contributed by atoms with Crippen LogP contribution in [0.5, 0.6) is 11.5 Å². The van der Waals surface area contributed by atoms with Gasteiger partial charge in [0.05, 0.1) is 11.3 Å². The van der Waals surface area contributed by atoms with Gasteiger partial charge in [0.2, 0.25) is 0 Å². The molecule has 0 unspecified atom stereocenters. The molecule has 162 valence electrons. The first-order valence-electron chi connectivity index (χ1n) is 9.71. The van der Waals surface area contributed by atoms with Gasteiger partial charge < -0.3 is 14.8 Å². The van der Waals surface area contributed by atoms with E-state index in [1.165, 1.54) is 0 Å². The van der Waals surface area contributed by atoms with Gasteiger partial charge in [-0.15, -0.1) is 10.2 Å². The summed E-state index contributed by atoms with van der Waals surface area (Å²) in [6.45, 7) is 3.27. The minimum absolute atomic E-state index is 0.277. The van der Waals surface area contributed by atoms with Crippen LogP contribution in [-0.2, 0) is 9.53 Å². The molecule has 0 spiro atoms. The van der Waals surface area contributed by atoms with Crippen molar-refractivity contribution in [3.63, 3.8) is 0 Å². The Balaban J connectivity index is 1.42. The van der Waals surface area contributed by atoms with E-state index in [9.17, 15) is 9.59 Å². The van der Waals surface area contributed by atoms with Crippen LogP contribution >= 0.6 is 11.6 Å². The number of benzene rings is 2. The number of carbonyl (C=O) groups is 2. The van der Waals surface area contributed by atoms with Crippen LogP contribution in [-0.4, -0.2) is 33.1 Å². The Hall–Kier alpha value is -3.91. The second kappa shape index (κ2) is 9.07. The Morgan fingerprint density at radius 2 is 1.81 bits per heavy atom. The fourth-order valence-electron chi connectivity index (χ4n) is 2.95. The van der Waals surface area contributed by atoms with Gasteiger partial charge in [-0.3, -0.25) is 9.20 Å². The molecule has 2 heterocycles. The van der Waals surface area contributed by atoms with E-state index in [-0.39, 0.29) is 5.56 Å². The average molecular weight is 451 g/mol. The maximum Gasteiger partial charge on any atom is 0.340 e. The standard InChI is InChI=1S/C23H19ClN4O4/c1-14-3-7-18(8-4-14)32-20-9-6-17(24)11-19(20)25-22(29)13-31-23(30)16-5-10-21-27-26-15(2)28(21)12-16/h3-12H,13H2,1-2H3,(H,25,29). The molecule has 0 saturated carbocycles. The number of rotatable bonds is 6. The summed E-state index contributed by atoms with van der Waals surface area (Å²) in [5.41, 5.74) is 2.35. The van der Waals surface area contributed by atoms with Gasteiger partial charge in [0.1, 0.15) is 11.6 Å². The monoisotopic (exact) mass is 450 g/mol. The Labute approximate surface area is 188 Å². The van der Waals surface area contributed by atoms with E-state index in [0.717, 1.165) is 5.56 Å². The van der Waals surface area contributed by atoms with Crippen LogP contribution in [0.1, 0.15) is 21.7 Å². The summed E-state index contributed by atoms with van der Waals surface area (Å²) in [5.74, 6) is 0.480. The SMILES string of the molecule is Cc1ccc(Oc2ccc(Cl)cc2NC(=O)COC(=O)c2ccc3nnc(C)n3c2)cc1. The number of hydrogen-bond acceptors (Lipinski definition) is 6. The van der Waals surface area contributed by atoms with E-state index in [2.05, 4.69) is 15.5 Å². The number of ether oxygens (including phenoxy) is 2. The van der Waals surface area contributed by atoms with Crippen LogP contribution in [0.2, 0.25) is 5.02 Å². The second-order valence-electron chi connectivity index (χ2n) is 7.07. The Kier molecular flexibility index (Phi) is 6.04. The molecule has 32 heavy (non-hydrogen) atoms. The van der Waals surface area contributed by atoms with Crippen molar-refractivity contribution in [2.75, 3.05) is 11.9 Å². The van der Waals surface area contributed by atoms with Crippen molar-refractivity contribution in [2.45, 2.75) is 13.8 Å². The van der Waals surface area contributed by atoms with Gasteiger partial charge in [-0.2, -0.15) is 0 Å². The molecular formula is C23H19ClN4O4. The number of halogens is 1. The van der Waals surface area contributed by atoms with Crippen molar-refractivity contribution in [1.29, 1.82) is 0 Å². The van der Waals surface area contributed by atoms with Gasteiger partial charge in [-0.1, -0.05) is 29.3 Å². The Morgan fingerprint density at radius 3 is 2.59 bits per heavy atom. The van der Waals surface area contributed by atoms with Crippen molar-refractivity contribution >= 4 is 34.8 Å². The first-order valence-corrected chi connectivity index (χ1v) is 10.1. The lowest BCUT2D eigenvalue weighted by Gasteiger charge is -2.13. The summed E-state index contributed by atoms with van der Waals surface area (Å²) in [7, 11) is 0. The molecule has 0 saturated heterocycles. The molecule has 4 aromatic rings. The molecule has 4 rings (SSSR count). The largest absolute Gasteiger partial charge is 0.455 e. The first kappa shape index (κ1) is 21.3. The molecule has 0 atom stereocenters. The minimum atomic E-state index is -0.641. The summed E-state index contributed by atoms with van der Waals surface area (Å²) >= 11 is 6.08. The van der Waals surface area contributed by atoms with Gasteiger partial charge >= 0.3 is 5.97 Å². The maximum atomic E-state index is 12.4. The predicted molar refractivity (Wildman–Crippen MR) is 119 cm³/mol. The summed E-state index contributed by atoms with van der Waals surface area (Å²) in [6, 6.07) is 15.6. The van der Waals surface area contributed by atoms with E-state index >= 15 is 0 Å². The van der Waals surface area contributed by atoms with Crippen LogP contribution in [0.15, 0.2) is 60.8 Å². The molecule has 0 bridgehead atoms. The zero-order valence-corrected chi connectivity index (χ0v) is 18.1. The number of nitrogens with one attached hydrogen (secondary N) is 1. The molecule has 2 aromatic carbocycles. The summed E-state index contributed by atoms with van der Waals surface area (Å²) in [4.78, 5) is 24.8. The van der Waals surface area contributed by atoms with Gasteiger partial charge in [0.25, 0.3) is 5.91 Å². The number of anilines is 1. The fraction of sp³-hybridized carbons (Fsp3) is 0.130. The lowest BCUT2D eigenvalue weighted by atomic mass is 10.2. The quantitative estimate of drug-likeness (QED) is 0.432. The zero-order valence-electron chi connectivity index (χ0n) is 17.3. The lowest BCUT2D eigenvalue weighted by molar-refractivity contribution is -0.119. The van der Waals surface area contributed by atoms with E-state index in [1.807, 2.05) is 31.2 Å². The summed E-state index contributed by atoms with van der Waals surface area (Å²) < 4.78 is 12.7. The molecule has 0 fully saturated rings. The lowest BCUT2D eigenvalue weighted by Crippen LogP contribution is -2.21. The molecule has 1 N–H and O–H groups in total. The van der Waals surface area contributed by atoms with Crippen molar-refractivity contribution in [3.05, 3.63) is 82.8 Å². The molecular weight excluding hydrogens is 432 g/mol. The first-order chi connectivity index (χ1) is 15.4. The number of esters is 1. The molecule has 0 aliphatic carbocycles. The summed E-state index contributed by atoms with van der Waals surface area (Å²) in [5, 5.41) is 11.0. The number of carbonyl (C=O) groups excluding carboxylic acids is 2. The number of amides is 1. The van der Waals surface area contributed by atoms with Gasteiger partial charge in [-0.25, -0.2) is 4.79 Å². The van der Waals surface area contributed by atoms with E-state index in [1.54, 1.807) is 47.9 Å². The zero-order chi connectivity index (χ0) is 22.7. The average Bonchev–Trinajstić information content (AvgIpc) is 3.15. The third-order valence-corrected chi connectivity index (χ3v) is 4.84. The minimum Gasteiger partial charge on any atom is -0.455 e. The maximum absolute atomic E-state index is 12.4. The van der Waals surface area contributed by atoms with Crippen LogP contribution in [0.3, 0.4) is 0 Å². The molecule has 9 heteroatoms. The third kappa shape index (κ3) is 4.87. The normalized spacial score (nSPS) is 10.7. The molecule has 0 aliphatic heterocycles. The Morgan fingerprint density at radius 1 is 1.03 bits per heavy atom. The highest BCUT2D eigenvalue weighted by Crippen LogP contribution is 2.32. The number of hydrogen-bond donors (Lipinski definition) is 1. The number of pyridine rings is 1. The van der Waals surface area contributed by atoms with Crippen LogP contribution in [0.25, 0.3) is 5.65 Å². The number of aromatic nitrogens is 3. The van der Waals surface area contributed by atoms with Crippen molar-refractivity contribution in [1.82, 2.24) is 14.6 Å². The topological polar surface area (TPSA) is 94.8 Å². The molecule has 1 amide bonds. The summed E-state index contributed by atoms with van der Waals surface area (Å²) in [6.07, 6.45) is 1.56. The van der Waals surface area contributed by atoms with Crippen molar-refractivity contribution in [2.24, 2.45) is 0 Å². The van der Waals surface area contributed by atoms with Gasteiger partial charge in [0.15, 0.2) is 18.0 Å². The van der Waals surface area contributed by atoms with Crippen molar-refractivity contribution < 1.29 is 19.1 Å². The third-order valence-electron chi connectivity index (χ3n) is 4.61. The Bertz CT molecular complexity index is 1300. The molecule has 2 aromatic heterocycles. The van der Waals surface area contributed by atoms with Crippen molar-refractivity contribution in [3.8, 4) is 11.5 Å². The highest BCUT2D eigenvalue weighted by Gasteiger charge is 2.14. The van der Waals surface area contributed by atoms with Gasteiger partial charge in [0, 0.05) is 11.2 Å². The van der Waals surface area contributed by atoms with E-state index in [0.29, 0.717) is 33.7 Å². The highest BCUT2D eigenvalue weighted by molar-refractivity contribution is 6.31. The van der Waals surface area contributed by atoms with Crippen LogP contribution in [0, 0.1) is 13.8 Å². The smallest absolute Gasteiger partial charge is 0.340 e. The molecule has 8 nitrogen and oxygen atoms in total.